The molecule has 2 nitrogen and oxygen atoms in total. The van der Waals surface area contributed by atoms with Crippen molar-refractivity contribution in [3.8, 4) is 0 Å². The molecule has 0 spiro atoms. The summed E-state index contributed by atoms with van der Waals surface area (Å²) in [5.74, 6) is 2.67. The van der Waals surface area contributed by atoms with Gasteiger partial charge in [-0.05, 0) is 59.0 Å². The Morgan fingerprint density at radius 3 is 2.94 bits per heavy atom. The molecule has 0 aromatic carbocycles. The van der Waals surface area contributed by atoms with Gasteiger partial charge in [0.1, 0.15) is 0 Å². The van der Waals surface area contributed by atoms with Gasteiger partial charge in [-0.1, -0.05) is 6.42 Å². The Labute approximate surface area is 120 Å². The Hall–Kier alpha value is -0.350. The topological polar surface area (TPSA) is 29.1 Å². The number of rotatable bonds is 4. The molecule has 1 aromatic rings. The highest BCUT2D eigenvalue weighted by Gasteiger charge is 2.39. The summed E-state index contributed by atoms with van der Waals surface area (Å²) in [6.45, 7) is 0.677. The average molecular weight is 328 g/mol. The Bertz CT molecular complexity index is 445. The number of halogens is 1. The van der Waals surface area contributed by atoms with Crippen molar-refractivity contribution in [2.75, 3.05) is 0 Å². The molecule has 2 aliphatic carbocycles. The minimum atomic E-state index is 0.233. The summed E-state index contributed by atoms with van der Waals surface area (Å²) >= 11 is 5.11. The maximum Gasteiger partial charge on any atom is 0.220 e. The highest BCUT2D eigenvalue weighted by molar-refractivity contribution is 9.10. The molecule has 1 N–H and O–H groups in total. The van der Waals surface area contributed by atoms with Crippen molar-refractivity contribution in [2.24, 2.45) is 17.8 Å². The molecule has 3 unspecified atom stereocenters. The number of thiophene rings is 1. The van der Waals surface area contributed by atoms with Crippen molar-refractivity contribution < 1.29 is 4.79 Å². The van der Waals surface area contributed by atoms with Gasteiger partial charge < -0.3 is 5.32 Å². The lowest BCUT2D eigenvalue weighted by molar-refractivity contribution is -0.122. The SMILES string of the molecule is O=C(CC1CC2CCC1C2)NCc1cc(Br)cs1. The van der Waals surface area contributed by atoms with E-state index in [0.29, 0.717) is 12.5 Å². The molecule has 2 fully saturated rings. The standard InChI is InChI=1S/C14H18BrNOS/c15-12-6-13(18-8-12)7-16-14(17)5-11-4-9-1-2-10(11)3-9/h6,8-11H,1-5,7H2,(H,16,17). The monoisotopic (exact) mass is 327 g/mol. The third-order valence-corrected chi connectivity index (χ3v) is 6.11. The molecular formula is C14H18BrNOS. The van der Waals surface area contributed by atoms with Gasteiger partial charge in [-0.2, -0.15) is 0 Å². The molecule has 1 amide bonds. The van der Waals surface area contributed by atoms with Crippen molar-refractivity contribution in [2.45, 2.75) is 38.6 Å². The van der Waals surface area contributed by atoms with Crippen molar-refractivity contribution >= 4 is 33.2 Å². The number of amides is 1. The molecule has 3 atom stereocenters. The fourth-order valence-electron chi connectivity index (χ4n) is 3.57. The molecule has 18 heavy (non-hydrogen) atoms. The lowest BCUT2D eigenvalue weighted by Crippen LogP contribution is -2.26. The second-order valence-corrected chi connectivity index (χ2v) is 7.56. The van der Waals surface area contributed by atoms with Crippen LogP contribution in [0.25, 0.3) is 0 Å². The van der Waals surface area contributed by atoms with Crippen LogP contribution in [-0.4, -0.2) is 5.91 Å². The number of fused-ring (bicyclic) bond motifs is 2. The Morgan fingerprint density at radius 1 is 1.44 bits per heavy atom. The zero-order valence-corrected chi connectivity index (χ0v) is 12.7. The summed E-state index contributed by atoms with van der Waals surface area (Å²) < 4.78 is 1.10. The van der Waals surface area contributed by atoms with Crippen LogP contribution in [0.3, 0.4) is 0 Å². The van der Waals surface area contributed by atoms with Crippen LogP contribution in [0.5, 0.6) is 0 Å². The molecule has 0 radical (unpaired) electrons. The maximum absolute atomic E-state index is 11.9. The highest BCUT2D eigenvalue weighted by atomic mass is 79.9. The summed E-state index contributed by atoms with van der Waals surface area (Å²) in [5.41, 5.74) is 0. The predicted octanol–water partition coefficient (Wildman–Crippen LogP) is 3.95. The summed E-state index contributed by atoms with van der Waals surface area (Å²) in [6.07, 6.45) is 6.19. The summed E-state index contributed by atoms with van der Waals surface area (Å²) in [7, 11) is 0. The molecule has 1 aromatic heterocycles. The second-order valence-electron chi connectivity index (χ2n) is 5.65. The van der Waals surface area contributed by atoms with E-state index in [1.165, 1.54) is 30.6 Å². The third kappa shape index (κ3) is 2.80. The van der Waals surface area contributed by atoms with Gasteiger partial charge in [-0.25, -0.2) is 0 Å². The highest BCUT2D eigenvalue weighted by Crippen LogP contribution is 2.49. The van der Waals surface area contributed by atoms with Crippen molar-refractivity contribution in [1.82, 2.24) is 5.32 Å². The number of carbonyl (C=O) groups is 1. The first-order valence-corrected chi connectivity index (χ1v) is 8.37. The summed E-state index contributed by atoms with van der Waals surface area (Å²) in [5, 5.41) is 5.10. The van der Waals surface area contributed by atoms with Gasteiger partial charge in [0.25, 0.3) is 0 Å². The van der Waals surface area contributed by atoms with Crippen LogP contribution < -0.4 is 5.32 Å². The predicted molar refractivity (Wildman–Crippen MR) is 77.4 cm³/mol. The average Bonchev–Trinajstić information content (AvgIpc) is 3.03. The minimum Gasteiger partial charge on any atom is -0.351 e. The van der Waals surface area contributed by atoms with Crippen LogP contribution in [0.1, 0.15) is 37.0 Å². The minimum absolute atomic E-state index is 0.233. The van der Waals surface area contributed by atoms with Crippen molar-refractivity contribution in [1.29, 1.82) is 0 Å². The van der Waals surface area contributed by atoms with Crippen LogP contribution in [-0.2, 0) is 11.3 Å². The summed E-state index contributed by atoms with van der Waals surface area (Å²) in [4.78, 5) is 13.1. The van der Waals surface area contributed by atoms with E-state index < -0.39 is 0 Å². The van der Waals surface area contributed by atoms with E-state index in [0.717, 1.165) is 22.7 Å². The molecule has 2 bridgehead atoms. The molecule has 2 saturated carbocycles. The van der Waals surface area contributed by atoms with Crippen molar-refractivity contribution in [3.05, 3.63) is 20.8 Å². The lowest BCUT2D eigenvalue weighted by Gasteiger charge is -2.20. The zero-order chi connectivity index (χ0) is 12.5. The van der Waals surface area contributed by atoms with E-state index >= 15 is 0 Å². The van der Waals surface area contributed by atoms with E-state index in [-0.39, 0.29) is 5.91 Å². The fraction of sp³-hybridized carbons (Fsp3) is 0.643. The number of nitrogens with one attached hydrogen (secondary N) is 1. The maximum atomic E-state index is 11.9. The number of hydrogen-bond acceptors (Lipinski definition) is 2. The second kappa shape index (κ2) is 5.33. The molecule has 2 aliphatic rings. The number of carbonyl (C=O) groups excluding carboxylic acids is 1. The van der Waals surface area contributed by atoms with E-state index in [1.54, 1.807) is 11.3 Å². The largest absolute Gasteiger partial charge is 0.351 e. The molecule has 4 heteroatoms. The van der Waals surface area contributed by atoms with Crippen molar-refractivity contribution in [3.63, 3.8) is 0 Å². The van der Waals surface area contributed by atoms with Crippen LogP contribution >= 0.6 is 27.3 Å². The molecule has 1 heterocycles. The third-order valence-electron chi connectivity index (χ3n) is 4.41. The van der Waals surface area contributed by atoms with Gasteiger partial charge in [-0.15, -0.1) is 11.3 Å². The van der Waals surface area contributed by atoms with Gasteiger partial charge in [0.2, 0.25) is 5.91 Å². The normalized spacial score (nSPS) is 29.7. The molecule has 3 rings (SSSR count). The molecule has 0 aliphatic heterocycles. The first-order chi connectivity index (χ1) is 8.70. The lowest BCUT2D eigenvalue weighted by atomic mass is 9.86. The van der Waals surface area contributed by atoms with Gasteiger partial charge in [0.05, 0.1) is 6.54 Å². The first-order valence-electron chi connectivity index (χ1n) is 6.70. The Balaban J connectivity index is 1.45. The Kier molecular flexibility index (Phi) is 3.76. The van der Waals surface area contributed by atoms with Crippen LogP contribution in [0.2, 0.25) is 0 Å². The van der Waals surface area contributed by atoms with E-state index in [9.17, 15) is 4.79 Å². The zero-order valence-electron chi connectivity index (χ0n) is 10.3. The van der Waals surface area contributed by atoms with E-state index in [4.69, 9.17) is 0 Å². The quantitative estimate of drug-likeness (QED) is 0.891. The fourth-order valence-corrected chi connectivity index (χ4v) is 4.96. The van der Waals surface area contributed by atoms with Gasteiger partial charge in [0.15, 0.2) is 0 Å². The summed E-state index contributed by atoms with van der Waals surface area (Å²) in [6, 6.07) is 2.07. The molecule has 0 saturated heterocycles. The van der Waals surface area contributed by atoms with Crippen LogP contribution in [0, 0.1) is 17.8 Å². The van der Waals surface area contributed by atoms with E-state index in [2.05, 4.69) is 32.7 Å². The first kappa shape index (κ1) is 12.7. The van der Waals surface area contributed by atoms with Gasteiger partial charge >= 0.3 is 0 Å². The van der Waals surface area contributed by atoms with Crippen LogP contribution in [0.15, 0.2) is 15.9 Å². The van der Waals surface area contributed by atoms with Crippen LogP contribution in [0.4, 0.5) is 0 Å². The smallest absolute Gasteiger partial charge is 0.220 e. The Morgan fingerprint density at radius 2 is 2.33 bits per heavy atom. The molecular weight excluding hydrogens is 310 g/mol. The van der Waals surface area contributed by atoms with E-state index in [1.807, 2.05) is 0 Å². The van der Waals surface area contributed by atoms with Gasteiger partial charge in [0, 0.05) is 21.2 Å². The molecule has 98 valence electrons. The number of hydrogen-bond donors (Lipinski definition) is 1. The van der Waals surface area contributed by atoms with Gasteiger partial charge in [-0.3, -0.25) is 4.79 Å².